The highest BCUT2D eigenvalue weighted by Crippen LogP contribution is 2.41. The van der Waals surface area contributed by atoms with Crippen LogP contribution in [0.1, 0.15) is 12.5 Å². The monoisotopic (exact) mass is 566 g/mol. The fourth-order valence-corrected chi connectivity index (χ4v) is 6.44. The molecule has 2 saturated heterocycles. The van der Waals surface area contributed by atoms with Gasteiger partial charge in [0, 0.05) is 0 Å². The smallest absolute Gasteiger partial charge is 0.166 e. The molecule has 16 nitrogen and oxygen atoms in total. The van der Waals surface area contributed by atoms with E-state index in [0.29, 0.717) is 32.4 Å². The van der Waals surface area contributed by atoms with Crippen molar-refractivity contribution in [2.75, 3.05) is 13.2 Å². The molecule has 38 heavy (non-hydrogen) atoms. The molecule has 4 aromatic heterocycles. The molecule has 6 N–H and O–H groups in total. The fraction of sp³-hybridized carbons (Fsp3) is 0.500. The van der Waals surface area contributed by atoms with Crippen LogP contribution in [0.4, 0.5) is 0 Å². The summed E-state index contributed by atoms with van der Waals surface area (Å²) in [7, 11) is 2.46. The highest BCUT2D eigenvalue weighted by molar-refractivity contribution is 8.76. The van der Waals surface area contributed by atoms with Crippen molar-refractivity contribution in [3.8, 4) is 0 Å². The first-order valence-corrected chi connectivity index (χ1v) is 13.5. The number of aliphatic hydroxyl groups is 6. The van der Waals surface area contributed by atoms with Crippen LogP contribution in [0, 0.1) is 0 Å². The second kappa shape index (κ2) is 10.2. The van der Waals surface area contributed by atoms with E-state index in [2.05, 4.69) is 29.9 Å². The SMILES string of the molecule is OC[C@@H]1O[C@H](n2cnc3c(SSc4ncnc5c4ncn5[C@H]4O[C@@H](CO)[C@@H](O)[C@@H]4O)ncnc32)[C@H](O)[C@@H]1O. The Morgan fingerprint density at radius 3 is 1.42 bits per heavy atom. The normalized spacial score (nSPS) is 31.6. The zero-order valence-electron chi connectivity index (χ0n) is 19.2. The van der Waals surface area contributed by atoms with Crippen molar-refractivity contribution in [1.29, 1.82) is 0 Å². The largest absolute Gasteiger partial charge is 0.394 e. The lowest BCUT2D eigenvalue weighted by Gasteiger charge is -2.16. The Hall–Kier alpha value is -2.52. The van der Waals surface area contributed by atoms with Crippen LogP contribution >= 0.6 is 21.6 Å². The van der Waals surface area contributed by atoms with E-state index in [1.165, 1.54) is 56.0 Å². The summed E-state index contributed by atoms with van der Waals surface area (Å²) in [5.74, 6) is 0. The van der Waals surface area contributed by atoms with E-state index in [4.69, 9.17) is 9.47 Å². The van der Waals surface area contributed by atoms with E-state index < -0.39 is 62.3 Å². The summed E-state index contributed by atoms with van der Waals surface area (Å²) in [6, 6.07) is 0. The van der Waals surface area contributed by atoms with Crippen molar-refractivity contribution in [2.24, 2.45) is 0 Å². The number of aromatic nitrogens is 8. The number of hydrogen-bond donors (Lipinski definition) is 6. The maximum atomic E-state index is 10.4. The molecule has 6 rings (SSSR count). The summed E-state index contributed by atoms with van der Waals surface area (Å²) in [4.78, 5) is 25.8. The fourth-order valence-electron chi connectivity index (χ4n) is 4.45. The van der Waals surface area contributed by atoms with Crippen molar-refractivity contribution < 1.29 is 40.1 Å². The van der Waals surface area contributed by atoms with Gasteiger partial charge in [0.1, 0.15) is 70.4 Å². The van der Waals surface area contributed by atoms with Gasteiger partial charge < -0.3 is 40.1 Å². The summed E-state index contributed by atoms with van der Waals surface area (Å²) in [5.41, 5.74) is 1.56. The summed E-state index contributed by atoms with van der Waals surface area (Å²) in [6.07, 6.45) is -3.46. The highest BCUT2D eigenvalue weighted by atomic mass is 33.1. The minimum Gasteiger partial charge on any atom is -0.394 e. The van der Waals surface area contributed by atoms with Crippen LogP contribution < -0.4 is 0 Å². The standard InChI is InChI=1S/C20H22N8O8S2/c29-1-7-11(31)13(33)19(35-7)27-5-25-9-15(27)21-3-23-17(9)37-38-18-10-16(22-4-24-18)28(6-26-10)20-14(34)12(32)8(2-30)36-20/h3-8,11-14,19-20,29-34H,1-2H2/t7-,8-,11+,12+,13-,14+,19-,20-/m0/s1. The van der Waals surface area contributed by atoms with E-state index in [1.807, 2.05) is 0 Å². The summed E-state index contributed by atoms with van der Waals surface area (Å²) in [5, 5.41) is 60.7. The highest BCUT2D eigenvalue weighted by Gasteiger charge is 2.45. The molecular formula is C20H22N8O8S2. The number of ether oxygens (including phenoxy) is 2. The van der Waals surface area contributed by atoms with Crippen LogP contribution in [0.5, 0.6) is 0 Å². The quantitative estimate of drug-likeness (QED) is 0.105. The first-order chi connectivity index (χ1) is 18.4. The molecule has 0 aliphatic carbocycles. The topological polar surface area (TPSA) is 227 Å². The van der Waals surface area contributed by atoms with Gasteiger partial charge in [-0.3, -0.25) is 9.13 Å². The molecule has 8 atom stereocenters. The summed E-state index contributed by atoms with van der Waals surface area (Å²) >= 11 is 0. The second-order valence-corrected chi connectivity index (χ2v) is 10.7. The molecule has 0 aromatic carbocycles. The zero-order chi connectivity index (χ0) is 26.6. The van der Waals surface area contributed by atoms with E-state index in [-0.39, 0.29) is 0 Å². The third kappa shape index (κ3) is 4.13. The number of nitrogens with zero attached hydrogens (tertiary/aromatic N) is 8. The third-order valence-corrected chi connectivity index (χ3v) is 8.63. The number of aliphatic hydroxyl groups excluding tert-OH is 6. The lowest BCUT2D eigenvalue weighted by Crippen LogP contribution is -2.33. The average Bonchev–Trinajstić information content (AvgIpc) is 3.69. The molecule has 0 bridgehead atoms. The maximum Gasteiger partial charge on any atom is 0.166 e. The van der Waals surface area contributed by atoms with Crippen molar-refractivity contribution in [1.82, 2.24) is 39.0 Å². The molecular weight excluding hydrogens is 544 g/mol. The lowest BCUT2D eigenvalue weighted by atomic mass is 10.1. The van der Waals surface area contributed by atoms with Crippen LogP contribution in [-0.4, -0.2) is 120 Å². The summed E-state index contributed by atoms with van der Waals surface area (Å²) < 4.78 is 14.1. The van der Waals surface area contributed by atoms with Gasteiger partial charge in [-0.1, -0.05) is 0 Å². The lowest BCUT2D eigenvalue weighted by molar-refractivity contribution is -0.0511. The van der Waals surface area contributed by atoms with Crippen LogP contribution in [0.25, 0.3) is 22.3 Å². The van der Waals surface area contributed by atoms with Crippen LogP contribution in [0.3, 0.4) is 0 Å². The van der Waals surface area contributed by atoms with E-state index in [1.54, 1.807) is 0 Å². The molecule has 2 fully saturated rings. The Balaban J connectivity index is 1.25. The molecule has 0 amide bonds. The van der Waals surface area contributed by atoms with Crippen LogP contribution in [0.15, 0.2) is 35.4 Å². The van der Waals surface area contributed by atoms with Gasteiger partial charge in [-0.25, -0.2) is 29.9 Å². The van der Waals surface area contributed by atoms with Gasteiger partial charge in [0.25, 0.3) is 0 Å². The van der Waals surface area contributed by atoms with Gasteiger partial charge in [0.15, 0.2) is 23.8 Å². The average molecular weight is 567 g/mol. The minimum absolute atomic E-state index is 0.361. The Morgan fingerprint density at radius 1 is 0.632 bits per heavy atom. The van der Waals surface area contributed by atoms with Crippen molar-refractivity contribution in [3.05, 3.63) is 25.3 Å². The van der Waals surface area contributed by atoms with Crippen LogP contribution in [-0.2, 0) is 9.47 Å². The molecule has 2 aliphatic rings. The Morgan fingerprint density at radius 2 is 1.05 bits per heavy atom. The predicted octanol–water partition coefficient (Wildman–Crippen LogP) is -2.01. The Bertz CT molecular complexity index is 1350. The van der Waals surface area contributed by atoms with Crippen molar-refractivity contribution in [2.45, 2.75) is 59.1 Å². The Kier molecular flexibility index (Phi) is 6.93. The molecule has 202 valence electrons. The van der Waals surface area contributed by atoms with Gasteiger partial charge in [-0.2, -0.15) is 0 Å². The Labute approximate surface area is 220 Å². The maximum absolute atomic E-state index is 10.4. The van der Waals surface area contributed by atoms with Crippen LogP contribution in [0.2, 0.25) is 0 Å². The van der Waals surface area contributed by atoms with Gasteiger partial charge in [-0.15, -0.1) is 0 Å². The van der Waals surface area contributed by atoms with Gasteiger partial charge in [0.05, 0.1) is 25.9 Å². The number of fused-ring (bicyclic) bond motifs is 2. The predicted molar refractivity (Wildman–Crippen MR) is 128 cm³/mol. The molecule has 0 unspecified atom stereocenters. The molecule has 6 heterocycles. The molecule has 0 spiro atoms. The van der Waals surface area contributed by atoms with Crippen molar-refractivity contribution in [3.63, 3.8) is 0 Å². The first-order valence-electron chi connectivity index (χ1n) is 11.4. The van der Waals surface area contributed by atoms with Gasteiger partial charge in [-0.05, 0) is 21.6 Å². The van der Waals surface area contributed by atoms with E-state index in [0.717, 1.165) is 0 Å². The molecule has 0 radical (unpaired) electrons. The van der Waals surface area contributed by atoms with Gasteiger partial charge >= 0.3 is 0 Å². The zero-order valence-corrected chi connectivity index (χ0v) is 20.9. The number of hydrogen-bond acceptors (Lipinski definition) is 16. The van der Waals surface area contributed by atoms with Gasteiger partial charge in [0.2, 0.25) is 0 Å². The van der Waals surface area contributed by atoms with E-state index >= 15 is 0 Å². The third-order valence-electron chi connectivity index (χ3n) is 6.43. The molecule has 18 heteroatoms. The van der Waals surface area contributed by atoms with E-state index in [9.17, 15) is 30.6 Å². The number of rotatable bonds is 7. The molecule has 2 aliphatic heterocycles. The second-order valence-electron chi connectivity index (χ2n) is 8.63. The molecule has 4 aromatic rings. The first kappa shape index (κ1) is 25.7. The summed E-state index contributed by atoms with van der Waals surface area (Å²) in [6.45, 7) is -0.905. The number of imidazole rings is 2. The minimum atomic E-state index is -1.29. The molecule has 0 saturated carbocycles. The van der Waals surface area contributed by atoms with Crippen molar-refractivity contribution >= 4 is 43.9 Å².